The number of benzene rings is 3. The number of hydrogen-bond donors (Lipinski definition) is 0. The van der Waals surface area contributed by atoms with Crippen molar-refractivity contribution in [1.29, 1.82) is 0 Å². The van der Waals surface area contributed by atoms with Gasteiger partial charge in [0.15, 0.2) is 0 Å². The molecule has 3 aromatic carbocycles. The van der Waals surface area contributed by atoms with Gasteiger partial charge in [0.2, 0.25) is 5.91 Å². The number of aromatic nitrogens is 3. The molecule has 6 heteroatoms. The highest BCUT2D eigenvalue weighted by Crippen LogP contribution is 2.39. The molecule has 0 N–H and O–H groups in total. The number of rotatable bonds is 4. The molecule has 1 aliphatic rings. The lowest BCUT2D eigenvalue weighted by Crippen LogP contribution is -2.26. The Morgan fingerprint density at radius 2 is 1.64 bits per heavy atom. The molecule has 1 atom stereocenters. The van der Waals surface area contributed by atoms with Crippen molar-refractivity contribution in [3.63, 3.8) is 0 Å². The first-order valence-corrected chi connectivity index (χ1v) is 12.2. The zero-order valence-corrected chi connectivity index (χ0v) is 20.2. The topological polar surface area (TPSA) is 71.3 Å². The molecule has 6 rings (SSSR count). The predicted molar refractivity (Wildman–Crippen MR) is 142 cm³/mol. The van der Waals surface area contributed by atoms with Crippen LogP contribution in [0.1, 0.15) is 42.6 Å². The number of fused-ring (bicyclic) bond motifs is 2. The fourth-order valence-electron chi connectivity index (χ4n) is 5.09. The van der Waals surface area contributed by atoms with Crippen LogP contribution in [0.2, 0.25) is 0 Å². The van der Waals surface area contributed by atoms with Crippen LogP contribution in [0.15, 0.2) is 90.3 Å². The minimum absolute atomic E-state index is 0.0121. The quantitative estimate of drug-likeness (QED) is 0.311. The van der Waals surface area contributed by atoms with Gasteiger partial charge in [0.1, 0.15) is 0 Å². The Balaban J connectivity index is 1.53. The summed E-state index contributed by atoms with van der Waals surface area (Å²) < 4.78 is 0. The van der Waals surface area contributed by atoms with E-state index in [4.69, 9.17) is 10.1 Å². The van der Waals surface area contributed by atoms with Crippen molar-refractivity contribution in [1.82, 2.24) is 20.0 Å². The summed E-state index contributed by atoms with van der Waals surface area (Å²) >= 11 is 0. The number of hydrogen-bond acceptors (Lipinski definition) is 5. The van der Waals surface area contributed by atoms with Crippen LogP contribution in [-0.2, 0) is 4.79 Å². The first-order valence-electron chi connectivity index (χ1n) is 12.2. The molecular weight excluding hydrogens is 446 g/mol. The molecule has 36 heavy (non-hydrogen) atoms. The number of carbonyl (C=O) groups excluding carboxylic acids is 1. The Morgan fingerprint density at radius 1 is 0.889 bits per heavy atom. The van der Waals surface area contributed by atoms with Crippen molar-refractivity contribution >= 4 is 33.6 Å². The zero-order chi connectivity index (χ0) is 24.6. The van der Waals surface area contributed by atoms with E-state index in [-0.39, 0.29) is 11.9 Å². The summed E-state index contributed by atoms with van der Waals surface area (Å²) in [6.07, 6.45) is 4.35. The van der Waals surface area contributed by atoms with Gasteiger partial charge in [-0.2, -0.15) is 5.10 Å². The van der Waals surface area contributed by atoms with Gasteiger partial charge >= 0.3 is 0 Å². The van der Waals surface area contributed by atoms with Crippen molar-refractivity contribution in [2.24, 2.45) is 5.10 Å². The minimum Gasteiger partial charge on any atom is -0.273 e. The lowest BCUT2D eigenvalue weighted by Gasteiger charge is -2.21. The van der Waals surface area contributed by atoms with Crippen molar-refractivity contribution in [2.75, 3.05) is 0 Å². The third-order valence-corrected chi connectivity index (χ3v) is 6.77. The Labute approximate surface area is 209 Å². The smallest absolute Gasteiger partial charge is 0.242 e. The molecule has 1 aliphatic heterocycles. The molecular formula is C30H25N5O. The van der Waals surface area contributed by atoms with E-state index in [0.29, 0.717) is 12.8 Å². The highest BCUT2D eigenvalue weighted by atomic mass is 16.2. The standard InChI is InChI=1S/C30H25N5O/c1-3-28(36)35-27(21-13-14-24-25(17-21)32-16-15-31-24)18-26(34-35)29-19(2)33-23-12-8-7-11-22(23)30(29)20-9-5-4-6-10-20/h4-17,27H,3,18H2,1-2H3/t27-/m0/s1. The maximum absolute atomic E-state index is 13.1. The number of nitrogens with zero attached hydrogens (tertiary/aromatic N) is 5. The molecule has 5 aromatic rings. The summed E-state index contributed by atoms with van der Waals surface area (Å²) in [5, 5.41) is 7.67. The predicted octanol–water partition coefficient (Wildman–Crippen LogP) is 6.24. The molecule has 0 aliphatic carbocycles. The summed E-state index contributed by atoms with van der Waals surface area (Å²) in [7, 11) is 0. The lowest BCUT2D eigenvalue weighted by molar-refractivity contribution is -0.132. The number of carbonyl (C=O) groups is 1. The second kappa shape index (κ2) is 8.96. The van der Waals surface area contributed by atoms with Crippen LogP contribution in [0.5, 0.6) is 0 Å². The second-order valence-corrected chi connectivity index (χ2v) is 8.99. The maximum atomic E-state index is 13.1. The van der Waals surface area contributed by atoms with Crippen LogP contribution in [-0.4, -0.2) is 31.6 Å². The van der Waals surface area contributed by atoms with Gasteiger partial charge in [-0.1, -0.05) is 61.5 Å². The molecule has 2 aromatic heterocycles. The number of aryl methyl sites for hydroxylation is 1. The lowest BCUT2D eigenvalue weighted by atomic mass is 9.89. The van der Waals surface area contributed by atoms with Crippen molar-refractivity contribution < 1.29 is 4.79 Å². The van der Waals surface area contributed by atoms with Gasteiger partial charge in [-0.05, 0) is 36.2 Å². The van der Waals surface area contributed by atoms with Crippen LogP contribution < -0.4 is 0 Å². The Morgan fingerprint density at radius 3 is 2.44 bits per heavy atom. The Bertz CT molecular complexity index is 1640. The minimum atomic E-state index is -0.214. The largest absolute Gasteiger partial charge is 0.273 e. The molecule has 6 nitrogen and oxygen atoms in total. The van der Waals surface area contributed by atoms with Gasteiger partial charge in [0.25, 0.3) is 0 Å². The molecule has 0 saturated heterocycles. The van der Waals surface area contributed by atoms with Gasteiger partial charge in [-0.15, -0.1) is 0 Å². The van der Waals surface area contributed by atoms with Crippen molar-refractivity contribution in [3.8, 4) is 11.1 Å². The molecule has 0 saturated carbocycles. The van der Waals surface area contributed by atoms with E-state index in [9.17, 15) is 4.79 Å². The van der Waals surface area contributed by atoms with Crippen molar-refractivity contribution in [3.05, 3.63) is 102 Å². The number of pyridine rings is 1. The normalized spacial score (nSPS) is 15.4. The van der Waals surface area contributed by atoms with Crippen LogP contribution >= 0.6 is 0 Å². The SMILES string of the molecule is CCC(=O)N1N=C(c2c(C)nc3ccccc3c2-c2ccccc2)C[C@H]1c1ccc2nccnc2c1. The Hall–Kier alpha value is -4.45. The average molecular weight is 472 g/mol. The number of hydrazone groups is 1. The van der Waals surface area contributed by atoms with Gasteiger partial charge in [0.05, 0.1) is 28.3 Å². The van der Waals surface area contributed by atoms with Crippen LogP contribution in [0, 0.1) is 6.92 Å². The van der Waals surface area contributed by atoms with E-state index < -0.39 is 0 Å². The van der Waals surface area contributed by atoms with Crippen LogP contribution in [0.25, 0.3) is 33.1 Å². The van der Waals surface area contributed by atoms with E-state index in [1.165, 1.54) is 0 Å². The Kier molecular flexibility index (Phi) is 5.49. The third-order valence-electron chi connectivity index (χ3n) is 6.77. The first kappa shape index (κ1) is 22.0. The molecule has 0 bridgehead atoms. The molecule has 0 radical (unpaired) electrons. The van der Waals surface area contributed by atoms with E-state index in [1.54, 1.807) is 17.4 Å². The highest BCUT2D eigenvalue weighted by Gasteiger charge is 2.34. The van der Waals surface area contributed by atoms with Gasteiger partial charge in [-0.3, -0.25) is 19.7 Å². The molecule has 0 spiro atoms. The van der Waals surface area contributed by atoms with Gasteiger partial charge in [-0.25, -0.2) is 5.01 Å². The fraction of sp³-hybridized carbons (Fsp3) is 0.167. The maximum Gasteiger partial charge on any atom is 0.242 e. The molecule has 176 valence electrons. The van der Waals surface area contributed by atoms with Crippen molar-refractivity contribution in [2.45, 2.75) is 32.7 Å². The van der Waals surface area contributed by atoms with Gasteiger partial charge < -0.3 is 0 Å². The fourth-order valence-corrected chi connectivity index (χ4v) is 5.09. The zero-order valence-electron chi connectivity index (χ0n) is 20.2. The summed E-state index contributed by atoms with van der Waals surface area (Å²) in [5.74, 6) is -0.0121. The van der Waals surface area contributed by atoms with E-state index in [0.717, 1.165) is 55.6 Å². The molecule has 1 amide bonds. The summed E-state index contributed by atoms with van der Waals surface area (Å²) in [6, 6.07) is 24.3. The monoisotopic (exact) mass is 471 g/mol. The summed E-state index contributed by atoms with van der Waals surface area (Å²) in [4.78, 5) is 26.9. The molecule has 0 fully saturated rings. The first-order chi connectivity index (χ1) is 17.6. The van der Waals surface area contributed by atoms with E-state index in [1.807, 2.05) is 68.4 Å². The highest BCUT2D eigenvalue weighted by molar-refractivity contribution is 6.14. The van der Waals surface area contributed by atoms with E-state index >= 15 is 0 Å². The third kappa shape index (κ3) is 3.71. The van der Waals surface area contributed by atoms with Crippen LogP contribution in [0.3, 0.4) is 0 Å². The number of amides is 1. The second-order valence-electron chi connectivity index (χ2n) is 8.99. The summed E-state index contributed by atoms with van der Waals surface area (Å²) in [6.45, 7) is 3.90. The van der Waals surface area contributed by atoms with E-state index in [2.05, 4.69) is 28.2 Å². The number of para-hydroxylation sites is 1. The van der Waals surface area contributed by atoms with Crippen LogP contribution in [0.4, 0.5) is 0 Å². The summed E-state index contributed by atoms with van der Waals surface area (Å²) in [5.41, 5.74) is 8.56. The molecule has 0 unspecified atom stereocenters. The molecule has 3 heterocycles. The average Bonchev–Trinajstić information content (AvgIpc) is 3.37. The van der Waals surface area contributed by atoms with Gasteiger partial charge in [0, 0.05) is 47.4 Å².